The van der Waals surface area contributed by atoms with E-state index in [4.69, 9.17) is 15.7 Å². The second-order valence-electron chi connectivity index (χ2n) is 4.07. The van der Waals surface area contributed by atoms with E-state index in [0.717, 1.165) is 32.1 Å². The molecule has 0 amide bonds. The lowest BCUT2D eigenvalue weighted by atomic mass is 10.3. The fourth-order valence-corrected chi connectivity index (χ4v) is 1.22. The molecule has 1 atom stereocenters. The first-order chi connectivity index (χ1) is 7.24. The standard InChI is InChI=1S/C10H21N3O2/c1-8(10(11)13-14)12-5-2-6-15-7-9-3-4-9/h8-9,12,14H,2-7H2,1H3,(H2,11,13). The van der Waals surface area contributed by atoms with Gasteiger partial charge in [0.2, 0.25) is 0 Å². The van der Waals surface area contributed by atoms with E-state index < -0.39 is 0 Å². The third-order valence-electron chi connectivity index (χ3n) is 2.53. The average molecular weight is 215 g/mol. The van der Waals surface area contributed by atoms with E-state index in [0.29, 0.717) is 0 Å². The Labute approximate surface area is 90.7 Å². The summed E-state index contributed by atoms with van der Waals surface area (Å²) in [6.45, 7) is 4.38. The van der Waals surface area contributed by atoms with Crippen LogP contribution in [0, 0.1) is 5.92 Å². The Morgan fingerprint density at radius 3 is 3.00 bits per heavy atom. The van der Waals surface area contributed by atoms with E-state index >= 15 is 0 Å². The molecule has 5 heteroatoms. The van der Waals surface area contributed by atoms with Crippen molar-refractivity contribution in [3.8, 4) is 0 Å². The molecule has 5 nitrogen and oxygen atoms in total. The summed E-state index contributed by atoms with van der Waals surface area (Å²) in [6.07, 6.45) is 3.62. The predicted molar refractivity (Wildman–Crippen MR) is 59.0 cm³/mol. The van der Waals surface area contributed by atoms with Gasteiger partial charge >= 0.3 is 0 Å². The van der Waals surface area contributed by atoms with Gasteiger partial charge in [-0.15, -0.1) is 0 Å². The zero-order valence-electron chi connectivity index (χ0n) is 9.28. The van der Waals surface area contributed by atoms with Gasteiger partial charge in [-0.3, -0.25) is 0 Å². The number of hydrogen-bond donors (Lipinski definition) is 3. The van der Waals surface area contributed by atoms with Gasteiger partial charge < -0.3 is 21.0 Å². The molecule has 0 saturated heterocycles. The van der Waals surface area contributed by atoms with E-state index in [1.54, 1.807) is 0 Å². The minimum atomic E-state index is -0.0848. The lowest BCUT2D eigenvalue weighted by molar-refractivity contribution is 0.122. The highest BCUT2D eigenvalue weighted by Gasteiger charge is 2.20. The third kappa shape index (κ3) is 5.59. The molecule has 0 radical (unpaired) electrons. The van der Waals surface area contributed by atoms with Gasteiger partial charge in [0, 0.05) is 13.2 Å². The van der Waals surface area contributed by atoms with Crippen molar-refractivity contribution in [2.45, 2.75) is 32.2 Å². The van der Waals surface area contributed by atoms with Crippen molar-refractivity contribution in [2.24, 2.45) is 16.8 Å². The molecule has 0 aromatic rings. The lowest BCUT2D eigenvalue weighted by Crippen LogP contribution is -2.39. The number of amidine groups is 1. The summed E-state index contributed by atoms with van der Waals surface area (Å²) in [6, 6.07) is -0.0848. The third-order valence-corrected chi connectivity index (χ3v) is 2.53. The zero-order valence-corrected chi connectivity index (χ0v) is 9.28. The SMILES string of the molecule is CC(NCCCOCC1CC1)C(N)=NO. The molecule has 0 aromatic carbocycles. The van der Waals surface area contributed by atoms with Gasteiger partial charge in [-0.05, 0) is 38.6 Å². The number of hydrogen-bond acceptors (Lipinski definition) is 4. The first-order valence-electron chi connectivity index (χ1n) is 5.52. The molecule has 1 aliphatic carbocycles. The van der Waals surface area contributed by atoms with Crippen molar-refractivity contribution in [3.63, 3.8) is 0 Å². The van der Waals surface area contributed by atoms with Crippen molar-refractivity contribution >= 4 is 5.84 Å². The van der Waals surface area contributed by atoms with Gasteiger partial charge in [0.1, 0.15) is 0 Å². The normalized spacial score (nSPS) is 19.1. The Kier molecular flexibility index (Phi) is 5.42. The molecule has 0 heterocycles. The number of nitrogens with zero attached hydrogens (tertiary/aromatic N) is 1. The van der Waals surface area contributed by atoms with Crippen LogP contribution in [0.3, 0.4) is 0 Å². The molecule has 0 aliphatic heterocycles. The Balaban J connectivity index is 1.86. The highest BCUT2D eigenvalue weighted by molar-refractivity contribution is 5.84. The molecule has 0 aromatic heterocycles. The van der Waals surface area contributed by atoms with Crippen molar-refractivity contribution < 1.29 is 9.94 Å². The number of oxime groups is 1. The fourth-order valence-electron chi connectivity index (χ4n) is 1.22. The van der Waals surface area contributed by atoms with Crippen LogP contribution in [0.2, 0.25) is 0 Å². The van der Waals surface area contributed by atoms with Crippen LogP contribution in [0.25, 0.3) is 0 Å². The van der Waals surface area contributed by atoms with Crippen molar-refractivity contribution in [2.75, 3.05) is 19.8 Å². The highest BCUT2D eigenvalue weighted by atomic mass is 16.5. The quantitative estimate of drug-likeness (QED) is 0.181. The van der Waals surface area contributed by atoms with Gasteiger partial charge in [0.15, 0.2) is 5.84 Å². The van der Waals surface area contributed by atoms with Crippen LogP contribution in [0.4, 0.5) is 0 Å². The summed E-state index contributed by atoms with van der Waals surface area (Å²) >= 11 is 0. The van der Waals surface area contributed by atoms with E-state index in [2.05, 4.69) is 10.5 Å². The Morgan fingerprint density at radius 1 is 1.67 bits per heavy atom. The molecular weight excluding hydrogens is 194 g/mol. The van der Waals surface area contributed by atoms with Crippen molar-refractivity contribution in [3.05, 3.63) is 0 Å². The largest absolute Gasteiger partial charge is 0.409 e. The second kappa shape index (κ2) is 6.63. The molecule has 1 unspecified atom stereocenters. The minimum absolute atomic E-state index is 0.0848. The Morgan fingerprint density at radius 2 is 2.40 bits per heavy atom. The molecule has 1 rings (SSSR count). The van der Waals surface area contributed by atoms with E-state index in [-0.39, 0.29) is 11.9 Å². The molecule has 1 aliphatic rings. The first-order valence-corrected chi connectivity index (χ1v) is 5.52. The molecule has 88 valence electrons. The Bertz CT molecular complexity index is 205. The number of nitrogens with two attached hydrogens (primary N) is 1. The van der Waals surface area contributed by atoms with E-state index in [1.165, 1.54) is 12.8 Å². The summed E-state index contributed by atoms with van der Waals surface area (Å²) in [5.74, 6) is 1.04. The van der Waals surface area contributed by atoms with Gasteiger partial charge in [-0.25, -0.2) is 0 Å². The van der Waals surface area contributed by atoms with E-state index in [1.807, 2.05) is 6.92 Å². The summed E-state index contributed by atoms with van der Waals surface area (Å²) in [5.41, 5.74) is 5.41. The molecule has 1 fully saturated rings. The molecular formula is C10H21N3O2. The molecule has 0 bridgehead atoms. The molecule has 4 N–H and O–H groups in total. The average Bonchev–Trinajstić information content (AvgIpc) is 3.05. The maximum absolute atomic E-state index is 8.41. The monoisotopic (exact) mass is 215 g/mol. The summed E-state index contributed by atoms with van der Waals surface area (Å²) in [5, 5.41) is 14.5. The maximum Gasteiger partial charge on any atom is 0.156 e. The summed E-state index contributed by atoms with van der Waals surface area (Å²) in [7, 11) is 0. The fraction of sp³-hybridized carbons (Fsp3) is 0.900. The summed E-state index contributed by atoms with van der Waals surface area (Å²) < 4.78 is 5.48. The molecule has 1 saturated carbocycles. The van der Waals surface area contributed by atoms with Crippen LogP contribution < -0.4 is 11.1 Å². The lowest BCUT2D eigenvalue weighted by Gasteiger charge is -2.11. The maximum atomic E-state index is 8.41. The van der Waals surface area contributed by atoms with Crippen molar-refractivity contribution in [1.29, 1.82) is 0 Å². The van der Waals surface area contributed by atoms with Crippen LogP contribution in [0.1, 0.15) is 26.2 Å². The first kappa shape index (κ1) is 12.3. The second-order valence-corrected chi connectivity index (χ2v) is 4.07. The predicted octanol–water partition coefficient (Wildman–Crippen LogP) is 0.528. The van der Waals surface area contributed by atoms with Crippen LogP contribution in [0.5, 0.6) is 0 Å². The minimum Gasteiger partial charge on any atom is -0.409 e. The Hall–Kier alpha value is -0.810. The smallest absolute Gasteiger partial charge is 0.156 e. The zero-order chi connectivity index (χ0) is 11.1. The van der Waals surface area contributed by atoms with Crippen LogP contribution in [0.15, 0.2) is 5.16 Å². The van der Waals surface area contributed by atoms with Gasteiger partial charge in [-0.2, -0.15) is 0 Å². The number of nitrogens with one attached hydrogen (secondary N) is 1. The highest BCUT2D eigenvalue weighted by Crippen LogP contribution is 2.28. The number of ether oxygens (including phenoxy) is 1. The van der Waals surface area contributed by atoms with Crippen LogP contribution in [-0.2, 0) is 4.74 Å². The van der Waals surface area contributed by atoms with Crippen LogP contribution in [-0.4, -0.2) is 36.8 Å². The topological polar surface area (TPSA) is 79.9 Å². The summed E-state index contributed by atoms with van der Waals surface area (Å²) in [4.78, 5) is 0. The molecule has 0 spiro atoms. The van der Waals surface area contributed by atoms with Crippen molar-refractivity contribution in [1.82, 2.24) is 5.32 Å². The van der Waals surface area contributed by atoms with E-state index in [9.17, 15) is 0 Å². The molecule has 15 heavy (non-hydrogen) atoms. The number of rotatable bonds is 8. The van der Waals surface area contributed by atoms with Gasteiger partial charge in [0.05, 0.1) is 6.04 Å². The van der Waals surface area contributed by atoms with Gasteiger partial charge in [-0.1, -0.05) is 5.16 Å². The van der Waals surface area contributed by atoms with Gasteiger partial charge in [0.25, 0.3) is 0 Å². The van der Waals surface area contributed by atoms with Crippen LogP contribution >= 0.6 is 0 Å².